The minimum atomic E-state index is -0.335. The molecule has 1 saturated heterocycles. The summed E-state index contributed by atoms with van der Waals surface area (Å²) in [6.45, 7) is 9.54. The number of hydrogen-bond donors (Lipinski definition) is 2. The van der Waals surface area contributed by atoms with Gasteiger partial charge in [0.15, 0.2) is 0 Å². The largest absolute Gasteiger partial charge is 0.392 e. The first-order valence-corrected chi connectivity index (χ1v) is 8.87. The van der Waals surface area contributed by atoms with Crippen LogP contribution in [0.4, 0.5) is 10.5 Å². The van der Waals surface area contributed by atoms with Crippen LogP contribution in [0.15, 0.2) is 24.4 Å². The van der Waals surface area contributed by atoms with Gasteiger partial charge in [0.25, 0.3) is 0 Å². The van der Waals surface area contributed by atoms with Gasteiger partial charge in [-0.25, -0.2) is 4.79 Å². The molecule has 2 aromatic rings. The number of nitrogens with one attached hydrogen (secondary N) is 1. The lowest BCUT2D eigenvalue weighted by atomic mass is 10.2. The summed E-state index contributed by atoms with van der Waals surface area (Å²) in [5.41, 5.74) is 1.81. The number of piperazine rings is 1. The summed E-state index contributed by atoms with van der Waals surface area (Å²) in [6, 6.07) is 6.06. The Morgan fingerprint density at radius 2 is 1.96 bits per heavy atom. The third-order valence-electron chi connectivity index (χ3n) is 4.52. The number of hydrogen-bond acceptors (Lipinski definition) is 4. The quantitative estimate of drug-likeness (QED) is 0.890. The van der Waals surface area contributed by atoms with E-state index < -0.39 is 0 Å². The van der Waals surface area contributed by atoms with Crippen LogP contribution in [0, 0.1) is 0 Å². The van der Waals surface area contributed by atoms with Crippen molar-refractivity contribution in [2.24, 2.45) is 0 Å². The molecule has 1 aliphatic rings. The smallest absolute Gasteiger partial charge is 0.321 e. The van der Waals surface area contributed by atoms with Gasteiger partial charge in [0, 0.05) is 49.8 Å². The molecule has 2 heterocycles. The summed E-state index contributed by atoms with van der Waals surface area (Å²) in [4.78, 5) is 16.5. The van der Waals surface area contributed by atoms with E-state index in [1.165, 1.54) is 0 Å². The van der Waals surface area contributed by atoms with Crippen LogP contribution in [0.2, 0.25) is 0 Å². The number of aromatic nitrogens is 2. The molecule has 3 rings (SSSR count). The molecule has 1 aromatic carbocycles. The normalized spacial score (nSPS) is 17.2. The molecule has 0 radical (unpaired) electrons. The van der Waals surface area contributed by atoms with Gasteiger partial charge in [-0.05, 0) is 39.0 Å². The lowest BCUT2D eigenvalue weighted by Gasteiger charge is -2.35. The number of amides is 2. The van der Waals surface area contributed by atoms with Crippen molar-refractivity contribution in [1.29, 1.82) is 0 Å². The second kappa shape index (κ2) is 7.41. The summed E-state index contributed by atoms with van der Waals surface area (Å²) in [7, 11) is 0. The number of carbonyl (C=O) groups excluding carboxylic acids is 1. The van der Waals surface area contributed by atoms with Crippen LogP contribution in [-0.4, -0.2) is 69.5 Å². The first-order chi connectivity index (χ1) is 11.9. The van der Waals surface area contributed by atoms with E-state index in [9.17, 15) is 9.90 Å². The predicted octanol–water partition coefficient (Wildman–Crippen LogP) is 2.15. The molecule has 0 aliphatic carbocycles. The van der Waals surface area contributed by atoms with Crippen molar-refractivity contribution in [3.8, 4) is 0 Å². The number of nitrogens with zero attached hydrogens (tertiary/aromatic N) is 4. The van der Waals surface area contributed by atoms with Gasteiger partial charge in [0.1, 0.15) is 0 Å². The zero-order chi connectivity index (χ0) is 18.0. The summed E-state index contributed by atoms with van der Waals surface area (Å²) in [6.07, 6.45) is 1.51. The number of urea groups is 1. The number of aliphatic hydroxyl groups excluding tert-OH is 1. The Labute approximate surface area is 148 Å². The molecule has 7 nitrogen and oxygen atoms in total. The van der Waals surface area contributed by atoms with E-state index in [1.807, 2.05) is 34.0 Å². The maximum absolute atomic E-state index is 12.5. The van der Waals surface area contributed by atoms with E-state index in [1.54, 1.807) is 6.92 Å². The minimum absolute atomic E-state index is 0.0772. The van der Waals surface area contributed by atoms with Gasteiger partial charge >= 0.3 is 6.03 Å². The van der Waals surface area contributed by atoms with Gasteiger partial charge < -0.3 is 15.3 Å². The van der Waals surface area contributed by atoms with Crippen LogP contribution in [-0.2, 0) is 0 Å². The molecule has 0 spiro atoms. The third-order valence-corrected chi connectivity index (χ3v) is 4.52. The van der Waals surface area contributed by atoms with Crippen LogP contribution < -0.4 is 5.32 Å². The molecular formula is C18H27N5O2. The molecule has 1 aliphatic heterocycles. The van der Waals surface area contributed by atoms with E-state index in [0.717, 1.165) is 29.7 Å². The zero-order valence-corrected chi connectivity index (χ0v) is 15.1. The molecule has 136 valence electrons. The molecule has 25 heavy (non-hydrogen) atoms. The van der Waals surface area contributed by atoms with E-state index in [-0.39, 0.29) is 18.2 Å². The van der Waals surface area contributed by atoms with E-state index >= 15 is 0 Å². The highest BCUT2D eigenvalue weighted by Gasteiger charge is 2.22. The Morgan fingerprint density at radius 1 is 1.24 bits per heavy atom. The van der Waals surface area contributed by atoms with Gasteiger partial charge in [-0.2, -0.15) is 5.10 Å². The standard InChI is InChI=1S/C18H27N5O2/c1-13(2)23-17-10-16(5-4-15(17)11-19-23)20-18(25)22-8-6-21(7-9-22)12-14(3)24/h4-5,10-11,13-14,24H,6-9,12H2,1-3H3,(H,20,25)/t14-/m0/s1. The highest BCUT2D eigenvalue weighted by atomic mass is 16.3. The van der Waals surface area contributed by atoms with Gasteiger partial charge in [-0.15, -0.1) is 0 Å². The molecule has 2 amide bonds. The van der Waals surface area contributed by atoms with Crippen LogP contribution in [0.25, 0.3) is 10.9 Å². The van der Waals surface area contributed by atoms with E-state index in [4.69, 9.17) is 0 Å². The highest BCUT2D eigenvalue weighted by molar-refractivity contribution is 5.92. The molecule has 1 atom stereocenters. The van der Waals surface area contributed by atoms with Gasteiger partial charge in [0.2, 0.25) is 0 Å². The molecule has 7 heteroatoms. The minimum Gasteiger partial charge on any atom is -0.392 e. The number of anilines is 1. The molecule has 2 N–H and O–H groups in total. The fraction of sp³-hybridized carbons (Fsp3) is 0.556. The van der Waals surface area contributed by atoms with E-state index in [2.05, 4.69) is 29.2 Å². The van der Waals surface area contributed by atoms with Gasteiger partial charge in [0.05, 0.1) is 17.8 Å². The summed E-state index contributed by atoms with van der Waals surface area (Å²) < 4.78 is 1.96. The van der Waals surface area contributed by atoms with Crippen LogP contribution in [0.1, 0.15) is 26.8 Å². The van der Waals surface area contributed by atoms with Crippen molar-refractivity contribution in [3.05, 3.63) is 24.4 Å². The maximum Gasteiger partial charge on any atom is 0.321 e. The Hall–Kier alpha value is -2.12. The predicted molar refractivity (Wildman–Crippen MR) is 98.8 cm³/mol. The summed E-state index contributed by atoms with van der Waals surface area (Å²) in [5, 5.41) is 17.9. The second-order valence-electron chi connectivity index (χ2n) is 7.02. The van der Waals surface area contributed by atoms with Crippen molar-refractivity contribution in [2.45, 2.75) is 32.9 Å². The zero-order valence-electron chi connectivity index (χ0n) is 15.1. The van der Waals surface area contributed by atoms with Crippen molar-refractivity contribution < 1.29 is 9.90 Å². The molecule has 1 fully saturated rings. The fourth-order valence-electron chi connectivity index (χ4n) is 3.24. The first kappa shape index (κ1) is 17.7. The number of rotatable bonds is 4. The van der Waals surface area contributed by atoms with Crippen molar-refractivity contribution in [3.63, 3.8) is 0 Å². The Morgan fingerprint density at radius 3 is 2.60 bits per heavy atom. The number of carbonyl (C=O) groups is 1. The van der Waals surface area contributed by atoms with Crippen LogP contribution in [0.3, 0.4) is 0 Å². The summed E-state index contributed by atoms with van der Waals surface area (Å²) in [5.74, 6) is 0. The Balaban J connectivity index is 1.63. The Bertz CT molecular complexity index is 732. The van der Waals surface area contributed by atoms with Gasteiger partial charge in [-0.3, -0.25) is 9.58 Å². The van der Waals surface area contributed by atoms with Crippen LogP contribution in [0.5, 0.6) is 0 Å². The van der Waals surface area contributed by atoms with Crippen molar-refractivity contribution in [1.82, 2.24) is 19.6 Å². The lowest BCUT2D eigenvalue weighted by molar-refractivity contribution is 0.0924. The van der Waals surface area contributed by atoms with Crippen LogP contribution >= 0.6 is 0 Å². The van der Waals surface area contributed by atoms with E-state index in [0.29, 0.717) is 19.6 Å². The number of β-amino-alcohol motifs (C(OH)–C–C–N with tert-alkyl or cyclic N) is 1. The number of fused-ring (bicyclic) bond motifs is 1. The number of aliphatic hydroxyl groups is 1. The summed E-state index contributed by atoms with van der Waals surface area (Å²) >= 11 is 0. The SMILES string of the molecule is CC(C)n1ncc2ccc(NC(=O)N3CCN(C[C@H](C)O)CC3)cc21. The molecule has 1 aromatic heterocycles. The van der Waals surface area contributed by atoms with Crippen molar-refractivity contribution in [2.75, 3.05) is 38.0 Å². The van der Waals surface area contributed by atoms with Crippen molar-refractivity contribution >= 4 is 22.6 Å². The van der Waals surface area contributed by atoms with Gasteiger partial charge in [-0.1, -0.05) is 0 Å². The second-order valence-corrected chi connectivity index (χ2v) is 7.02. The first-order valence-electron chi connectivity index (χ1n) is 8.87. The molecule has 0 saturated carbocycles. The third kappa shape index (κ3) is 4.11. The average molecular weight is 345 g/mol. The number of benzene rings is 1. The average Bonchev–Trinajstić information content (AvgIpc) is 2.98. The molecule has 0 unspecified atom stereocenters. The maximum atomic E-state index is 12.5. The molecular weight excluding hydrogens is 318 g/mol. The fourth-order valence-corrected chi connectivity index (χ4v) is 3.24. The molecule has 0 bridgehead atoms. The monoisotopic (exact) mass is 345 g/mol. The lowest BCUT2D eigenvalue weighted by Crippen LogP contribution is -2.51. The topological polar surface area (TPSA) is 73.6 Å². The highest BCUT2D eigenvalue weighted by Crippen LogP contribution is 2.22. The Kier molecular flexibility index (Phi) is 5.24.